The van der Waals surface area contributed by atoms with Gasteiger partial charge in [0.25, 0.3) is 0 Å². The fourth-order valence-electron chi connectivity index (χ4n) is 3.54. The van der Waals surface area contributed by atoms with Crippen LogP contribution in [0, 0.1) is 11.3 Å². The third-order valence-electron chi connectivity index (χ3n) is 5.47. The molecule has 1 rings (SSSR count). The molecule has 0 aromatic rings. The molecular weight excluding hydrogens is 397 g/mol. The lowest BCUT2D eigenvalue weighted by Gasteiger charge is -2.28. The van der Waals surface area contributed by atoms with Gasteiger partial charge in [0.15, 0.2) is 5.78 Å². The molecule has 4 heteroatoms. The Morgan fingerprint density at radius 3 is 1.76 bits per heavy atom. The molecule has 164 valence electrons. The molecule has 0 atom stereocenters. The second-order valence-electron chi connectivity index (χ2n) is 8.01. The number of nitriles is 1. The first kappa shape index (κ1) is 28.1. The molecule has 29 heavy (non-hydrogen) atoms. The Kier molecular flexibility index (Phi) is 16.3. The Bertz CT molecular complexity index is 563. The normalized spacial score (nSPS) is 13.7. The van der Waals surface area contributed by atoms with Crippen molar-refractivity contribution in [2.24, 2.45) is 0 Å². The molecule has 0 amide bonds. The summed E-state index contributed by atoms with van der Waals surface area (Å²) in [6.45, 7) is 12.9. The Morgan fingerprint density at radius 1 is 1.00 bits per heavy atom. The predicted molar refractivity (Wildman–Crippen MR) is 132 cm³/mol. The zero-order valence-corrected chi connectivity index (χ0v) is 20.9. The van der Waals surface area contributed by atoms with E-state index in [1.54, 1.807) is 30.7 Å². The lowest BCUT2D eigenvalue weighted by Crippen LogP contribution is -2.12. The Labute approximate surface area is 185 Å². The summed E-state index contributed by atoms with van der Waals surface area (Å²) in [5, 5.41) is 8.97. The van der Waals surface area contributed by atoms with Gasteiger partial charge in [0, 0.05) is 24.3 Å². The van der Waals surface area contributed by atoms with E-state index in [0.29, 0.717) is 10.6 Å². The van der Waals surface area contributed by atoms with Crippen LogP contribution in [0.25, 0.3) is 0 Å². The number of Topliss-reactive ketones (excluding diaryl/α,β-unsaturated/α-hetero) is 1. The van der Waals surface area contributed by atoms with Crippen molar-refractivity contribution in [2.45, 2.75) is 85.5 Å². The van der Waals surface area contributed by atoms with Crippen molar-refractivity contribution in [1.82, 2.24) is 0 Å². The van der Waals surface area contributed by atoms with Crippen molar-refractivity contribution in [3.05, 3.63) is 34.9 Å². The van der Waals surface area contributed by atoms with Crippen LogP contribution >= 0.6 is 18.9 Å². The fourth-order valence-corrected chi connectivity index (χ4v) is 9.01. The Hall–Kier alpha value is -0.900. The highest BCUT2D eigenvalue weighted by Crippen LogP contribution is 2.61. The zero-order chi connectivity index (χ0) is 22.1. The molecule has 0 heterocycles. The molecule has 0 fully saturated rings. The Balaban J connectivity index is 0.000000571. The second kappa shape index (κ2) is 16.8. The summed E-state index contributed by atoms with van der Waals surface area (Å²) in [5.41, 5.74) is 0.497. The molecule has 1 aliphatic carbocycles. The van der Waals surface area contributed by atoms with E-state index in [4.69, 9.17) is 16.9 Å². The number of allylic oxidation sites excluding steroid dienone is 5. The Morgan fingerprint density at radius 2 is 1.41 bits per heavy atom. The lowest BCUT2D eigenvalue weighted by atomic mass is 9.98. The molecular formula is C25H42ClNOP+. The van der Waals surface area contributed by atoms with Gasteiger partial charge in [-0.05, 0) is 31.8 Å². The van der Waals surface area contributed by atoms with Crippen LogP contribution in [0.2, 0.25) is 0 Å². The molecule has 0 spiro atoms. The zero-order valence-electron chi connectivity index (χ0n) is 19.2. The van der Waals surface area contributed by atoms with Crippen LogP contribution in [0.4, 0.5) is 0 Å². The monoisotopic (exact) mass is 438 g/mol. The predicted octanol–water partition coefficient (Wildman–Crippen LogP) is 8.29. The third-order valence-corrected chi connectivity index (χ3v) is 10.8. The van der Waals surface area contributed by atoms with Gasteiger partial charge in [-0.25, -0.2) is 0 Å². The largest absolute Gasteiger partial charge is 0.294 e. The number of ketones is 1. The van der Waals surface area contributed by atoms with Gasteiger partial charge in [-0.15, -0.1) is 0 Å². The highest BCUT2D eigenvalue weighted by Gasteiger charge is 2.34. The van der Waals surface area contributed by atoms with Crippen molar-refractivity contribution >= 4 is 24.6 Å². The summed E-state index contributed by atoms with van der Waals surface area (Å²) >= 11 is 5.66. The quantitative estimate of drug-likeness (QED) is 0.214. The van der Waals surface area contributed by atoms with Crippen molar-refractivity contribution in [3.63, 3.8) is 0 Å². The standard InChI is InChI=1S/C16H36P.C9H6ClNO/c1-5-9-13-17(14-10-6-2,15-11-7-3)16-12-8-4;1-6(5-11)8-4-7(10)2-3-9(8)12/h5-16H2,1-4H3;2,4H,1,3H2/q+1;. The van der Waals surface area contributed by atoms with Gasteiger partial charge in [0.05, 0.1) is 36.3 Å². The lowest BCUT2D eigenvalue weighted by molar-refractivity contribution is -0.114. The van der Waals surface area contributed by atoms with Gasteiger partial charge in [-0.3, -0.25) is 4.79 Å². The van der Waals surface area contributed by atoms with Gasteiger partial charge >= 0.3 is 0 Å². The summed E-state index contributed by atoms with van der Waals surface area (Å²) in [5.74, 6) is -0.106. The summed E-state index contributed by atoms with van der Waals surface area (Å²) in [6.07, 6.45) is 21.3. The second-order valence-corrected chi connectivity index (χ2v) is 12.9. The first-order valence-corrected chi connectivity index (χ1v) is 14.3. The van der Waals surface area contributed by atoms with Crippen LogP contribution < -0.4 is 0 Å². The van der Waals surface area contributed by atoms with E-state index in [1.165, 1.54) is 57.4 Å². The average Bonchev–Trinajstić information content (AvgIpc) is 2.74. The van der Waals surface area contributed by atoms with E-state index in [9.17, 15) is 4.79 Å². The number of nitrogens with zero attached hydrogens (tertiary/aromatic N) is 1. The van der Waals surface area contributed by atoms with E-state index in [-0.39, 0.29) is 17.8 Å². The first-order chi connectivity index (χ1) is 13.9. The van der Waals surface area contributed by atoms with Crippen LogP contribution in [-0.2, 0) is 4.79 Å². The number of rotatable bonds is 13. The molecule has 0 saturated heterocycles. The number of unbranched alkanes of at least 4 members (excludes halogenated alkanes) is 4. The minimum atomic E-state index is -0.562. The minimum absolute atomic E-state index is 0.106. The van der Waals surface area contributed by atoms with Crippen molar-refractivity contribution in [3.8, 4) is 6.07 Å². The third kappa shape index (κ3) is 11.8. The van der Waals surface area contributed by atoms with Crippen LogP contribution in [-0.4, -0.2) is 30.4 Å². The first-order valence-electron chi connectivity index (χ1n) is 11.4. The molecule has 0 N–H and O–H groups in total. The summed E-state index contributed by atoms with van der Waals surface area (Å²) < 4.78 is 0. The van der Waals surface area contributed by atoms with E-state index in [2.05, 4.69) is 34.3 Å². The highest BCUT2D eigenvalue weighted by atomic mass is 35.5. The molecule has 1 aliphatic rings. The molecule has 0 radical (unpaired) electrons. The average molecular weight is 439 g/mol. The smallest absolute Gasteiger partial charge is 0.168 e. The SMILES string of the molecule is C=C(C#N)C1=CC(Cl)=CCC1=O.CCCC[P+](CCCC)(CCCC)CCCC. The summed E-state index contributed by atoms with van der Waals surface area (Å²) in [6, 6.07) is 1.82. The minimum Gasteiger partial charge on any atom is -0.294 e. The summed E-state index contributed by atoms with van der Waals surface area (Å²) in [7, 11) is -0.562. The van der Waals surface area contributed by atoms with Crippen LogP contribution in [0.15, 0.2) is 34.9 Å². The molecule has 0 bridgehead atoms. The van der Waals surface area contributed by atoms with Gasteiger partial charge in [0.1, 0.15) is 0 Å². The molecule has 0 aromatic heterocycles. The molecule has 0 unspecified atom stereocenters. The number of carbonyl (C=O) groups excluding carboxylic acids is 1. The topological polar surface area (TPSA) is 40.9 Å². The van der Waals surface area contributed by atoms with E-state index in [1.807, 2.05) is 6.07 Å². The number of carbonyl (C=O) groups is 1. The molecule has 0 aromatic carbocycles. The van der Waals surface area contributed by atoms with Crippen LogP contribution in [0.1, 0.15) is 85.5 Å². The van der Waals surface area contributed by atoms with Gasteiger partial charge in [-0.1, -0.05) is 77.6 Å². The molecule has 0 saturated carbocycles. The van der Waals surface area contributed by atoms with Crippen molar-refractivity contribution < 1.29 is 4.79 Å². The van der Waals surface area contributed by atoms with E-state index < -0.39 is 7.26 Å². The number of hydrogen-bond acceptors (Lipinski definition) is 2. The highest BCUT2D eigenvalue weighted by molar-refractivity contribution is 7.75. The van der Waals surface area contributed by atoms with Gasteiger partial charge < -0.3 is 0 Å². The maximum atomic E-state index is 11.2. The summed E-state index contributed by atoms with van der Waals surface area (Å²) in [4.78, 5) is 11.2. The van der Waals surface area contributed by atoms with Crippen LogP contribution in [0.5, 0.6) is 0 Å². The van der Waals surface area contributed by atoms with Crippen LogP contribution in [0.3, 0.4) is 0 Å². The number of halogens is 1. The molecule has 0 aliphatic heterocycles. The maximum Gasteiger partial charge on any atom is 0.168 e. The maximum absolute atomic E-state index is 11.2. The van der Waals surface area contributed by atoms with Gasteiger partial charge in [-0.2, -0.15) is 5.26 Å². The molecule has 2 nitrogen and oxygen atoms in total. The van der Waals surface area contributed by atoms with Crippen molar-refractivity contribution in [2.75, 3.05) is 24.6 Å². The fraction of sp³-hybridized carbons (Fsp3) is 0.680. The number of hydrogen-bond donors (Lipinski definition) is 0. The van der Waals surface area contributed by atoms with E-state index in [0.717, 1.165) is 0 Å². The van der Waals surface area contributed by atoms with Crippen molar-refractivity contribution in [1.29, 1.82) is 5.26 Å². The van der Waals surface area contributed by atoms with E-state index >= 15 is 0 Å². The van der Waals surface area contributed by atoms with Gasteiger partial charge in [0.2, 0.25) is 0 Å².